The van der Waals surface area contributed by atoms with Crippen molar-refractivity contribution in [1.29, 1.82) is 0 Å². The van der Waals surface area contributed by atoms with Gasteiger partial charge in [-0.15, -0.1) is 11.8 Å². The van der Waals surface area contributed by atoms with Crippen LogP contribution in [0.25, 0.3) is 0 Å². The van der Waals surface area contributed by atoms with Crippen molar-refractivity contribution in [1.82, 2.24) is 14.9 Å². The molecule has 6 nitrogen and oxygen atoms in total. The van der Waals surface area contributed by atoms with Crippen LogP contribution in [0, 0.1) is 5.82 Å². The number of nitrogens with zero attached hydrogens (tertiary/aromatic N) is 2. The Hall–Kier alpha value is -1.32. The molecule has 0 fully saturated rings. The standard InChI is InChI=1S/C18H31FN4O2S2/c1-4-20-18(21-12-6-14-23(5-2)27(3,24)25)22-13-7-15-26-17-10-8-16(19)9-11-17/h8-11H,4-7,12-15H2,1-3H3,(H2,20,21,22). The molecule has 1 rings (SSSR count). The van der Waals surface area contributed by atoms with Gasteiger partial charge >= 0.3 is 0 Å². The maximum atomic E-state index is 12.9. The topological polar surface area (TPSA) is 73.8 Å². The summed E-state index contributed by atoms with van der Waals surface area (Å²) in [5, 5.41) is 6.42. The molecule has 0 unspecified atom stereocenters. The van der Waals surface area contributed by atoms with Crippen LogP contribution in [0.15, 0.2) is 34.2 Å². The molecule has 2 N–H and O–H groups in total. The van der Waals surface area contributed by atoms with Crippen LogP contribution >= 0.6 is 11.8 Å². The summed E-state index contributed by atoms with van der Waals surface area (Å²) in [4.78, 5) is 5.59. The highest BCUT2D eigenvalue weighted by Gasteiger charge is 2.13. The Bertz CT molecular complexity index is 666. The summed E-state index contributed by atoms with van der Waals surface area (Å²) < 4.78 is 37.5. The number of benzene rings is 1. The van der Waals surface area contributed by atoms with E-state index in [2.05, 4.69) is 15.6 Å². The van der Waals surface area contributed by atoms with E-state index in [-0.39, 0.29) is 5.82 Å². The zero-order valence-electron chi connectivity index (χ0n) is 16.4. The van der Waals surface area contributed by atoms with E-state index in [1.54, 1.807) is 23.9 Å². The minimum absolute atomic E-state index is 0.219. The highest BCUT2D eigenvalue weighted by Crippen LogP contribution is 2.18. The van der Waals surface area contributed by atoms with Crippen LogP contribution in [-0.2, 0) is 10.0 Å². The van der Waals surface area contributed by atoms with Gasteiger partial charge in [0.15, 0.2) is 5.96 Å². The average Bonchev–Trinajstić information content (AvgIpc) is 2.61. The first-order valence-corrected chi connectivity index (χ1v) is 12.1. The van der Waals surface area contributed by atoms with Crippen LogP contribution in [0.2, 0.25) is 0 Å². The Balaban J connectivity index is 2.29. The van der Waals surface area contributed by atoms with Gasteiger partial charge in [0.05, 0.1) is 6.26 Å². The molecule has 0 heterocycles. The summed E-state index contributed by atoms with van der Waals surface area (Å²) >= 11 is 1.68. The molecule has 0 amide bonds. The lowest BCUT2D eigenvalue weighted by atomic mass is 10.4. The number of hydrogen-bond acceptors (Lipinski definition) is 4. The first-order chi connectivity index (χ1) is 12.9. The molecule has 0 spiro atoms. The molecule has 9 heteroatoms. The Morgan fingerprint density at radius 2 is 1.89 bits per heavy atom. The van der Waals surface area contributed by atoms with Gasteiger partial charge < -0.3 is 10.6 Å². The first kappa shape index (κ1) is 23.7. The lowest BCUT2D eigenvalue weighted by Gasteiger charge is -2.18. The number of nitrogens with one attached hydrogen (secondary N) is 2. The number of sulfonamides is 1. The number of aliphatic imine (C=N–C) groups is 1. The van der Waals surface area contributed by atoms with Gasteiger partial charge in [0.2, 0.25) is 10.0 Å². The normalized spacial score (nSPS) is 12.4. The van der Waals surface area contributed by atoms with Crippen LogP contribution in [0.1, 0.15) is 26.7 Å². The molecule has 0 atom stereocenters. The number of halogens is 1. The largest absolute Gasteiger partial charge is 0.357 e. The zero-order valence-corrected chi connectivity index (χ0v) is 18.0. The van der Waals surface area contributed by atoms with Crippen molar-refractivity contribution >= 4 is 27.7 Å². The summed E-state index contributed by atoms with van der Waals surface area (Å²) in [5.74, 6) is 1.43. The third kappa shape index (κ3) is 10.6. The number of rotatable bonds is 12. The van der Waals surface area contributed by atoms with Crippen molar-refractivity contribution in [3.8, 4) is 0 Å². The lowest BCUT2D eigenvalue weighted by Crippen LogP contribution is -2.39. The highest BCUT2D eigenvalue weighted by atomic mass is 32.2. The second-order valence-corrected chi connectivity index (χ2v) is 9.10. The molecule has 0 saturated carbocycles. The Morgan fingerprint density at radius 3 is 2.48 bits per heavy atom. The van der Waals surface area contributed by atoms with Gasteiger partial charge in [0, 0.05) is 37.6 Å². The molecule has 0 aliphatic rings. The highest BCUT2D eigenvalue weighted by molar-refractivity contribution is 7.99. The zero-order chi connectivity index (χ0) is 20.1. The van der Waals surface area contributed by atoms with Gasteiger partial charge in [-0.2, -0.15) is 0 Å². The van der Waals surface area contributed by atoms with Gasteiger partial charge in [-0.1, -0.05) is 6.92 Å². The summed E-state index contributed by atoms with van der Waals surface area (Å²) in [6.07, 6.45) is 2.86. The smallest absolute Gasteiger partial charge is 0.211 e. The van der Waals surface area contributed by atoms with Gasteiger partial charge in [-0.25, -0.2) is 17.1 Å². The third-order valence-electron chi connectivity index (χ3n) is 3.70. The van der Waals surface area contributed by atoms with E-state index in [4.69, 9.17) is 0 Å². The fraction of sp³-hybridized carbons (Fsp3) is 0.611. The molecular formula is C18H31FN4O2S2. The van der Waals surface area contributed by atoms with Gasteiger partial charge in [-0.05, 0) is 49.8 Å². The van der Waals surface area contributed by atoms with E-state index >= 15 is 0 Å². The quantitative estimate of drug-likeness (QED) is 0.236. The van der Waals surface area contributed by atoms with Crippen LogP contribution < -0.4 is 10.6 Å². The summed E-state index contributed by atoms with van der Waals surface area (Å²) in [6, 6.07) is 6.50. The maximum Gasteiger partial charge on any atom is 0.211 e. The molecular weight excluding hydrogens is 387 g/mol. The minimum atomic E-state index is -3.14. The molecule has 1 aromatic rings. The maximum absolute atomic E-state index is 12.9. The SMILES string of the molecule is CCNC(=NCCCSc1ccc(F)cc1)NCCCN(CC)S(C)(=O)=O. The molecule has 0 aromatic heterocycles. The second-order valence-electron chi connectivity index (χ2n) is 5.95. The lowest BCUT2D eigenvalue weighted by molar-refractivity contribution is 0.424. The third-order valence-corrected chi connectivity index (χ3v) is 6.17. The van der Waals surface area contributed by atoms with Gasteiger partial charge in [0.1, 0.15) is 5.82 Å². The minimum Gasteiger partial charge on any atom is -0.357 e. The molecule has 27 heavy (non-hydrogen) atoms. The molecule has 0 aliphatic carbocycles. The van der Waals surface area contributed by atoms with E-state index in [1.165, 1.54) is 22.7 Å². The van der Waals surface area contributed by atoms with Crippen molar-refractivity contribution in [3.63, 3.8) is 0 Å². The molecule has 0 radical (unpaired) electrons. The predicted octanol–water partition coefficient (Wildman–Crippen LogP) is 2.53. The molecule has 154 valence electrons. The van der Waals surface area contributed by atoms with Crippen LogP contribution in [-0.4, -0.2) is 63.4 Å². The van der Waals surface area contributed by atoms with E-state index in [1.807, 2.05) is 13.8 Å². The summed E-state index contributed by atoms with van der Waals surface area (Å²) in [6.45, 7) is 6.93. The van der Waals surface area contributed by atoms with Crippen LogP contribution in [0.3, 0.4) is 0 Å². The van der Waals surface area contributed by atoms with Crippen molar-refractivity contribution in [3.05, 3.63) is 30.1 Å². The summed E-state index contributed by atoms with van der Waals surface area (Å²) in [5.41, 5.74) is 0. The van der Waals surface area contributed by atoms with Gasteiger partial charge in [0.25, 0.3) is 0 Å². The molecule has 1 aromatic carbocycles. The Morgan fingerprint density at radius 1 is 1.19 bits per heavy atom. The number of hydrogen-bond donors (Lipinski definition) is 2. The Kier molecular flexibility index (Phi) is 11.4. The average molecular weight is 419 g/mol. The van der Waals surface area contributed by atoms with E-state index < -0.39 is 10.0 Å². The number of guanidine groups is 1. The first-order valence-electron chi connectivity index (χ1n) is 9.22. The van der Waals surface area contributed by atoms with Crippen molar-refractivity contribution in [2.45, 2.75) is 31.6 Å². The van der Waals surface area contributed by atoms with Crippen LogP contribution in [0.5, 0.6) is 0 Å². The number of thioether (sulfide) groups is 1. The monoisotopic (exact) mass is 418 g/mol. The van der Waals surface area contributed by atoms with Crippen LogP contribution in [0.4, 0.5) is 4.39 Å². The predicted molar refractivity (Wildman–Crippen MR) is 112 cm³/mol. The molecule has 0 saturated heterocycles. The van der Waals surface area contributed by atoms with E-state index in [0.717, 1.165) is 29.6 Å². The molecule has 0 aliphatic heterocycles. The van der Waals surface area contributed by atoms with Crippen molar-refractivity contribution < 1.29 is 12.8 Å². The fourth-order valence-electron chi connectivity index (χ4n) is 2.34. The summed E-state index contributed by atoms with van der Waals surface area (Å²) in [7, 11) is -3.14. The molecule has 0 bridgehead atoms. The second kappa shape index (κ2) is 13.0. The van der Waals surface area contributed by atoms with E-state index in [9.17, 15) is 12.8 Å². The van der Waals surface area contributed by atoms with Gasteiger partial charge in [-0.3, -0.25) is 4.99 Å². The van der Waals surface area contributed by atoms with E-state index in [0.29, 0.717) is 32.6 Å². The van der Waals surface area contributed by atoms with Crippen molar-refractivity contribution in [2.75, 3.05) is 44.7 Å². The fourth-order valence-corrected chi connectivity index (χ4v) is 4.11. The Labute approximate surface area is 167 Å². The van der Waals surface area contributed by atoms with Crippen molar-refractivity contribution in [2.24, 2.45) is 4.99 Å².